The zero-order chi connectivity index (χ0) is 24.5. The third-order valence-electron chi connectivity index (χ3n) is 6.21. The monoisotopic (exact) mass is 481 g/mol. The Balaban J connectivity index is 1.46. The van der Waals surface area contributed by atoms with E-state index in [-0.39, 0.29) is 13.1 Å². The van der Waals surface area contributed by atoms with Gasteiger partial charge < -0.3 is 10.0 Å². The molecule has 1 unspecified atom stereocenters. The summed E-state index contributed by atoms with van der Waals surface area (Å²) in [4.78, 5) is 26.7. The van der Waals surface area contributed by atoms with Crippen LogP contribution in [0.25, 0.3) is 0 Å². The molecule has 2 aromatic carbocycles. The Bertz CT molecular complexity index is 1250. The van der Waals surface area contributed by atoms with Gasteiger partial charge >= 0.3 is 6.03 Å². The molecule has 9 nitrogen and oxygen atoms in total. The number of aliphatic imine (C=N–C) groups is 1. The summed E-state index contributed by atoms with van der Waals surface area (Å²) in [6, 6.07) is 11.2. The number of nitrogens with zero attached hydrogens (tertiary/aromatic N) is 7. The Labute approximate surface area is 200 Å². The van der Waals surface area contributed by atoms with Crippen LogP contribution in [0.5, 0.6) is 0 Å². The van der Waals surface area contributed by atoms with E-state index in [1.165, 1.54) is 33.1 Å². The third-order valence-corrected chi connectivity index (χ3v) is 6.21. The minimum Gasteiger partial charge on any atom is -0.355 e. The van der Waals surface area contributed by atoms with Crippen LogP contribution in [0.15, 0.2) is 53.8 Å². The topological polar surface area (TPSA) is 90.1 Å². The fourth-order valence-electron chi connectivity index (χ4n) is 4.42. The molecule has 0 saturated carbocycles. The summed E-state index contributed by atoms with van der Waals surface area (Å²) >= 11 is 0. The van der Waals surface area contributed by atoms with E-state index in [0.717, 1.165) is 29.9 Å². The van der Waals surface area contributed by atoms with E-state index in [4.69, 9.17) is 0 Å². The molecule has 182 valence electrons. The Kier molecular flexibility index (Phi) is 6.16. The van der Waals surface area contributed by atoms with Gasteiger partial charge in [-0.1, -0.05) is 30.3 Å². The van der Waals surface area contributed by atoms with Crippen LogP contribution in [0.3, 0.4) is 0 Å². The number of urea groups is 1. The highest BCUT2D eigenvalue weighted by Gasteiger charge is 2.38. The van der Waals surface area contributed by atoms with E-state index in [1.807, 2.05) is 17.0 Å². The number of aryl methyl sites for hydroxylation is 1. The SMILES string of the molecule is Cn1cnc(CN2C(=O)N(Cc3ccc(F)c(F)c3)C(N3CCc4ccccc4CC3)=NC2O)n1. The normalized spacial score (nSPS) is 18.4. The summed E-state index contributed by atoms with van der Waals surface area (Å²) < 4.78 is 28.9. The summed E-state index contributed by atoms with van der Waals surface area (Å²) in [5.74, 6) is -1.32. The van der Waals surface area contributed by atoms with E-state index in [9.17, 15) is 18.7 Å². The summed E-state index contributed by atoms with van der Waals surface area (Å²) in [5.41, 5.74) is 2.86. The van der Waals surface area contributed by atoms with Gasteiger partial charge in [0.1, 0.15) is 6.33 Å². The second kappa shape index (κ2) is 9.41. The number of guanidine groups is 1. The fraction of sp³-hybridized carbons (Fsp3) is 0.333. The van der Waals surface area contributed by atoms with Crippen LogP contribution in [0, 0.1) is 11.6 Å². The van der Waals surface area contributed by atoms with E-state index in [0.29, 0.717) is 30.4 Å². The van der Waals surface area contributed by atoms with Crippen molar-refractivity contribution in [3.05, 3.63) is 82.9 Å². The van der Waals surface area contributed by atoms with Gasteiger partial charge in [-0.3, -0.25) is 14.5 Å². The van der Waals surface area contributed by atoms with Crippen molar-refractivity contribution in [1.82, 2.24) is 29.5 Å². The van der Waals surface area contributed by atoms with Gasteiger partial charge in [-0.25, -0.2) is 18.6 Å². The first-order valence-electron chi connectivity index (χ1n) is 11.3. The summed E-state index contributed by atoms with van der Waals surface area (Å²) in [6.45, 7) is 1.08. The van der Waals surface area contributed by atoms with Gasteiger partial charge in [0.25, 0.3) is 0 Å². The number of hydrogen-bond donors (Lipinski definition) is 1. The quantitative estimate of drug-likeness (QED) is 0.618. The lowest BCUT2D eigenvalue weighted by atomic mass is 10.0. The second-order valence-electron chi connectivity index (χ2n) is 8.61. The molecule has 0 aliphatic carbocycles. The molecule has 1 atom stereocenters. The zero-order valence-electron chi connectivity index (χ0n) is 19.2. The van der Waals surface area contributed by atoms with Crippen molar-refractivity contribution in [1.29, 1.82) is 0 Å². The molecule has 35 heavy (non-hydrogen) atoms. The number of aromatic nitrogens is 3. The lowest BCUT2D eigenvalue weighted by Gasteiger charge is -2.40. The molecule has 0 spiro atoms. The summed E-state index contributed by atoms with van der Waals surface area (Å²) in [5, 5.41) is 15.0. The van der Waals surface area contributed by atoms with Gasteiger partial charge in [0.15, 0.2) is 17.5 Å². The molecule has 2 amide bonds. The molecule has 3 heterocycles. The first-order chi connectivity index (χ1) is 16.9. The molecule has 0 bridgehead atoms. The highest BCUT2D eigenvalue weighted by molar-refractivity contribution is 5.98. The van der Waals surface area contributed by atoms with Crippen LogP contribution in [-0.4, -0.2) is 66.0 Å². The number of halogens is 2. The van der Waals surface area contributed by atoms with Gasteiger partial charge in [0, 0.05) is 20.1 Å². The van der Waals surface area contributed by atoms with Crippen molar-refractivity contribution in [3.8, 4) is 0 Å². The van der Waals surface area contributed by atoms with Crippen molar-refractivity contribution in [2.75, 3.05) is 13.1 Å². The first kappa shape index (κ1) is 22.9. The number of hydrogen-bond acceptors (Lipinski definition) is 6. The Morgan fingerprint density at radius 3 is 2.37 bits per heavy atom. The zero-order valence-corrected chi connectivity index (χ0v) is 19.2. The predicted octanol–water partition coefficient (Wildman–Crippen LogP) is 2.26. The first-order valence-corrected chi connectivity index (χ1v) is 11.3. The Hall–Kier alpha value is -3.86. The fourth-order valence-corrected chi connectivity index (χ4v) is 4.42. The van der Waals surface area contributed by atoms with Gasteiger partial charge in [-0.15, -0.1) is 0 Å². The number of rotatable bonds is 4. The maximum Gasteiger partial charge on any atom is 0.331 e. The van der Waals surface area contributed by atoms with Gasteiger partial charge in [-0.2, -0.15) is 10.1 Å². The molecular weight excluding hydrogens is 456 g/mol. The van der Waals surface area contributed by atoms with Crippen molar-refractivity contribution < 1.29 is 18.7 Å². The molecule has 1 N–H and O–H groups in total. The van der Waals surface area contributed by atoms with Crippen molar-refractivity contribution in [2.24, 2.45) is 12.0 Å². The van der Waals surface area contributed by atoms with E-state index in [2.05, 4.69) is 27.2 Å². The maximum absolute atomic E-state index is 13.9. The average molecular weight is 482 g/mol. The highest BCUT2D eigenvalue weighted by Crippen LogP contribution is 2.23. The van der Waals surface area contributed by atoms with Crippen molar-refractivity contribution in [3.63, 3.8) is 0 Å². The largest absolute Gasteiger partial charge is 0.355 e. The van der Waals surface area contributed by atoms with Crippen LogP contribution in [0.1, 0.15) is 22.5 Å². The van der Waals surface area contributed by atoms with Crippen molar-refractivity contribution >= 4 is 12.0 Å². The molecule has 11 heteroatoms. The molecule has 5 rings (SSSR count). The van der Waals surface area contributed by atoms with Crippen LogP contribution < -0.4 is 0 Å². The highest BCUT2D eigenvalue weighted by atomic mass is 19.2. The average Bonchev–Trinajstić information content (AvgIpc) is 3.13. The van der Waals surface area contributed by atoms with Gasteiger partial charge in [0.05, 0.1) is 13.1 Å². The molecule has 0 fully saturated rings. The van der Waals surface area contributed by atoms with Gasteiger partial charge in [-0.05, 0) is 41.7 Å². The second-order valence-corrected chi connectivity index (χ2v) is 8.61. The van der Waals surface area contributed by atoms with E-state index >= 15 is 0 Å². The Morgan fingerprint density at radius 1 is 1.03 bits per heavy atom. The molecule has 0 saturated heterocycles. The standard InChI is InChI=1S/C24H25F2N7O2/c1-30-15-27-21(29-30)14-33-23(34)28-22(31-10-8-17-4-2-3-5-18(17)9-11-31)32(24(33)35)13-16-6-7-19(25)20(26)12-16/h2-7,12,15,23,34H,8-11,13-14H2,1H3. The van der Waals surface area contributed by atoms with Crippen LogP contribution in [0.2, 0.25) is 0 Å². The van der Waals surface area contributed by atoms with Crippen LogP contribution in [0.4, 0.5) is 13.6 Å². The Morgan fingerprint density at radius 2 is 1.74 bits per heavy atom. The molecule has 2 aliphatic rings. The number of fused-ring (bicyclic) bond motifs is 1. The third kappa shape index (κ3) is 4.72. The van der Waals surface area contributed by atoms with Crippen molar-refractivity contribution in [2.45, 2.75) is 32.3 Å². The lowest BCUT2D eigenvalue weighted by Crippen LogP contribution is -2.58. The van der Waals surface area contributed by atoms with Crippen LogP contribution in [-0.2, 0) is 33.0 Å². The predicted molar refractivity (Wildman–Crippen MR) is 123 cm³/mol. The van der Waals surface area contributed by atoms with Gasteiger partial charge in [0.2, 0.25) is 12.3 Å². The minimum absolute atomic E-state index is 0.0445. The minimum atomic E-state index is -1.44. The molecule has 0 radical (unpaired) electrons. The number of carbonyl (C=O) groups is 1. The van der Waals surface area contributed by atoms with E-state index < -0.39 is 24.0 Å². The number of aliphatic hydroxyl groups is 1. The molecule has 3 aromatic rings. The number of amides is 2. The maximum atomic E-state index is 13.9. The number of benzene rings is 2. The number of carbonyl (C=O) groups excluding carboxylic acids is 1. The van der Waals surface area contributed by atoms with E-state index in [1.54, 1.807) is 7.05 Å². The summed E-state index contributed by atoms with van der Waals surface area (Å²) in [7, 11) is 1.70. The lowest BCUT2D eigenvalue weighted by molar-refractivity contribution is 0.00999. The number of aliphatic hydroxyl groups excluding tert-OH is 1. The molecular formula is C24H25F2N7O2. The molecule has 2 aliphatic heterocycles. The summed E-state index contributed by atoms with van der Waals surface area (Å²) in [6.07, 6.45) is 1.56. The molecule has 1 aromatic heterocycles. The van der Waals surface area contributed by atoms with Crippen LogP contribution >= 0.6 is 0 Å². The smallest absolute Gasteiger partial charge is 0.331 e.